The molecule has 1 rings (SSSR count). The van der Waals surface area contributed by atoms with Crippen molar-refractivity contribution in [3.8, 4) is 0 Å². The third-order valence-corrected chi connectivity index (χ3v) is 7.59. The van der Waals surface area contributed by atoms with Crippen molar-refractivity contribution in [2.24, 2.45) is 5.41 Å². The maximum atomic E-state index is 13.1. The molecule has 10 heteroatoms. The first-order valence-corrected chi connectivity index (χ1v) is 15.8. The first-order chi connectivity index (χ1) is 22.5. The summed E-state index contributed by atoms with van der Waals surface area (Å²) >= 11 is 0. The number of hydrogen-bond acceptors (Lipinski definition) is 10. The van der Waals surface area contributed by atoms with Crippen LogP contribution in [-0.2, 0) is 23.9 Å². The molecule has 5 atom stereocenters. The van der Waals surface area contributed by atoms with Gasteiger partial charge >= 0.3 is 11.9 Å². The van der Waals surface area contributed by atoms with Gasteiger partial charge in [0, 0.05) is 6.42 Å². The molecule has 0 bridgehead atoms. The summed E-state index contributed by atoms with van der Waals surface area (Å²) in [4.78, 5) is 37.7. The van der Waals surface area contributed by atoms with E-state index in [1.807, 2.05) is 101 Å². The number of aliphatic hydroxyl groups is 5. The third-order valence-electron chi connectivity index (χ3n) is 7.59. The summed E-state index contributed by atoms with van der Waals surface area (Å²) < 4.78 is 10.3. The van der Waals surface area contributed by atoms with E-state index in [0.29, 0.717) is 5.57 Å². The Hall–Kier alpha value is -3.93. The van der Waals surface area contributed by atoms with Crippen LogP contribution in [0, 0.1) is 5.41 Å². The number of esters is 2. The molecule has 0 aliphatic heterocycles. The van der Waals surface area contributed by atoms with E-state index in [4.69, 9.17) is 14.6 Å². The zero-order valence-electron chi connectivity index (χ0n) is 28.8. The standard InChI is InChI=1S/C38H52O10/c1-8-9-13-25(2)14-10-11-15-26(3)16-12-17-27(4)18-19-29-28(5)35(44)32(22-38(29,6)7)48-34(43)21-20-33(42)47-24-31(41)37(46)36(45)30(40)23-39/h8-19,30-32,36-37,39-41,45-46H,1,20-24H2,2-7H3/b11-10+,13-9+,16-12+,19-18+,25-14+,26-15+,27-17+. The zero-order chi connectivity index (χ0) is 36.4. The van der Waals surface area contributed by atoms with Gasteiger partial charge in [0.2, 0.25) is 0 Å². The Morgan fingerprint density at radius 2 is 1.38 bits per heavy atom. The summed E-state index contributed by atoms with van der Waals surface area (Å²) in [7, 11) is 0. The molecule has 0 aromatic carbocycles. The second-order valence-electron chi connectivity index (χ2n) is 12.4. The molecule has 48 heavy (non-hydrogen) atoms. The van der Waals surface area contributed by atoms with E-state index in [0.717, 1.165) is 22.3 Å². The molecule has 5 N–H and O–H groups in total. The number of carbonyl (C=O) groups is 3. The molecule has 0 fully saturated rings. The highest BCUT2D eigenvalue weighted by atomic mass is 16.6. The van der Waals surface area contributed by atoms with Crippen LogP contribution in [-0.4, -0.2) is 87.0 Å². The van der Waals surface area contributed by atoms with Crippen molar-refractivity contribution in [3.05, 3.63) is 107 Å². The second-order valence-corrected chi connectivity index (χ2v) is 12.4. The largest absolute Gasteiger partial charge is 0.463 e. The van der Waals surface area contributed by atoms with Gasteiger partial charge in [-0.15, -0.1) is 0 Å². The topological polar surface area (TPSA) is 171 Å². The average molecular weight is 669 g/mol. The average Bonchev–Trinajstić information content (AvgIpc) is 3.04. The van der Waals surface area contributed by atoms with Crippen LogP contribution in [0.5, 0.6) is 0 Å². The fraction of sp³-hybridized carbons (Fsp3) is 0.447. The Balaban J connectivity index is 2.74. The van der Waals surface area contributed by atoms with E-state index in [2.05, 4.69) is 6.58 Å². The van der Waals surface area contributed by atoms with E-state index in [-0.39, 0.29) is 18.6 Å². The van der Waals surface area contributed by atoms with Crippen LogP contribution in [0.2, 0.25) is 0 Å². The molecule has 1 aliphatic carbocycles. The van der Waals surface area contributed by atoms with Gasteiger partial charge in [-0.3, -0.25) is 14.4 Å². The monoisotopic (exact) mass is 668 g/mol. The number of ketones is 1. The van der Waals surface area contributed by atoms with Gasteiger partial charge in [0.05, 0.1) is 19.4 Å². The van der Waals surface area contributed by atoms with Gasteiger partial charge in [-0.25, -0.2) is 0 Å². The molecule has 0 amide bonds. The Morgan fingerprint density at radius 1 is 0.854 bits per heavy atom. The molecular weight excluding hydrogens is 616 g/mol. The molecule has 0 saturated carbocycles. The lowest BCUT2D eigenvalue weighted by Gasteiger charge is -2.36. The minimum atomic E-state index is -1.88. The number of hydrogen-bond donors (Lipinski definition) is 5. The summed E-state index contributed by atoms with van der Waals surface area (Å²) in [5.74, 6) is -1.97. The lowest BCUT2D eigenvalue weighted by molar-refractivity contribution is -0.161. The summed E-state index contributed by atoms with van der Waals surface area (Å²) in [6.45, 7) is 13.7. The molecule has 0 heterocycles. The summed E-state index contributed by atoms with van der Waals surface area (Å²) in [6, 6.07) is 0. The number of carbonyl (C=O) groups excluding carboxylic acids is 3. The molecule has 0 aromatic rings. The number of rotatable bonds is 18. The first kappa shape index (κ1) is 42.1. The van der Waals surface area contributed by atoms with E-state index in [1.165, 1.54) is 0 Å². The lowest BCUT2D eigenvalue weighted by atomic mass is 9.71. The van der Waals surface area contributed by atoms with Crippen LogP contribution in [0.15, 0.2) is 107 Å². The van der Waals surface area contributed by atoms with Gasteiger partial charge in [-0.05, 0) is 44.3 Å². The van der Waals surface area contributed by atoms with Crippen LogP contribution in [0.1, 0.15) is 60.8 Å². The fourth-order valence-corrected chi connectivity index (χ4v) is 4.70. The fourth-order valence-electron chi connectivity index (χ4n) is 4.70. The molecule has 0 radical (unpaired) electrons. The molecular formula is C38H52O10. The highest BCUT2D eigenvalue weighted by Gasteiger charge is 2.40. The number of aliphatic hydroxyl groups excluding tert-OH is 5. The molecule has 5 unspecified atom stereocenters. The van der Waals surface area contributed by atoms with Crippen molar-refractivity contribution in [1.29, 1.82) is 0 Å². The van der Waals surface area contributed by atoms with Crippen LogP contribution in [0.25, 0.3) is 0 Å². The minimum Gasteiger partial charge on any atom is -0.463 e. The van der Waals surface area contributed by atoms with Crippen molar-refractivity contribution in [3.63, 3.8) is 0 Å². The summed E-state index contributed by atoms with van der Waals surface area (Å²) in [5, 5.41) is 47.5. The Kier molecular flexibility index (Phi) is 18.5. The minimum absolute atomic E-state index is 0.255. The van der Waals surface area contributed by atoms with Gasteiger partial charge in [-0.2, -0.15) is 0 Å². The Morgan fingerprint density at radius 3 is 1.96 bits per heavy atom. The van der Waals surface area contributed by atoms with Gasteiger partial charge in [0.15, 0.2) is 11.9 Å². The second kappa shape index (κ2) is 21.1. The zero-order valence-corrected chi connectivity index (χ0v) is 28.8. The van der Waals surface area contributed by atoms with Crippen molar-refractivity contribution in [2.75, 3.05) is 13.2 Å². The molecule has 0 saturated heterocycles. The van der Waals surface area contributed by atoms with Gasteiger partial charge in [-0.1, -0.05) is 110 Å². The van der Waals surface area contributed by atoms with Crippen molar-refractivity contribution >= 4 is 17.7 Å². The van der Waals surface area contributed by atoms with E-state index in [1.54, 1.807) is 13.0 Å². The third kappa shape index (κ3) is 14.9. The van der Waals surface area contributed by atoms with Crippen molar-refractivity contribution in [2.45, 2.75) is 91.3 Å². The van der Waals surface area contributed by atoms with Gasteiger partial charge in [0.1, 0.15) is 31.0 Å². The van der Waals surface area contributed by atoms with Crippen LogP contribution < -0.4 is 0 Å². The van der Waals surface area contributed by atoms with Crippen LogP contribution >= 0.6 is 0 Å². The van der Waals surface area contributed by atoms with Gasteiger partial charge < -0.3 is 35.0 Å². The highest BCUT2D eigenvalue weighted by molar-refractivity contribution is 6.01. The Bertz CT molecular complexity index is 1370. The first-order valence-electron chi connectivity index (χ1n) is 15.8. The normalized spacial score (nSPS) is 20.5. The smallest absolute Gasteiger partial charge is 0.307 e. The Labute approximate surface area is 284 Å². The van der Waals surface area contributed by atoms with Crippen molar-refractivity contribution in [1.82, 2.24) is 0 Å². The van der Waals surface area contributed by atoms with Crippen LogP contribution in [0.4, 0.5) is 0 Å². The predicted molar refractivity (Wildman–Crippen MR) is 185 cm³/mol. The van der Waals surface area contributed by atoms with E-state index in [9.17, 15) is 34.8 Å². The lowest BCUT2D eigenvalue weighted by Crippen LogP contribution is -2.47. The molecule has 0 aromatic heterocycles. The van der Waals surface area contributed by atoms with Crippen molar-refractivity contribution < 1.29 is 49.4 Å². The highest BCUT2D eigenvalue weighted by Crippen LogP contribution is 2.40. The number of ether oxygens (including phenoxy) is 2. The maximum Gasteiger partial charge on any atom is 0.307 e. The molecule has 264 valence electrons. The predicted octanol–water partition coefficient (Wildman–Crippen LogP) is 4.22. The molecule has 10 nitrogen and oxygen atoms in total. The van der Waals surface area contributed by atoms with E-state index < -0.39 is 67.5 Å². The van der Waals surface area contributed by atoms with Gasteiger partial charge in [0.25, 0.3) is 0 Å². The SMILES string of the molecule is C=C/C=C/C(C)=C/C=C/C=C(C)/C=C/C=C(C)/C=C/C1=C(C)C(=O)C(OC(=O)CCC(=O)OCC(O)C(O)C(O)C(O)CO)CC1(C)C. The quantitative estimate of drug-likeness (QED) is 0.105. The maximum absolute atomic E-state index is 13.1. The van der Waals surface area contributed by atoms with E-state index >= 15 is 0 Å². The summed E-state index contributed by atoms with van der Waals surface area (Å²) in [6.07, 6.45) is 14.6. The van der Waals surface area contributed by atoms with Crippen LogP contribution in [0.3, 0.4) is 0 Å². The number of Topliss-reactive ketones (excluding diaryl/α,β-unsaturated/α-hetero) is 1. The summed E-state index contributed by atoms with van der Waals surface area (Å²) in [5.41, 5.74) is 4.01. The number of allylic oxidation sites excluding steroid dienone is 16. The molecule has 1 aliphatic rings. The molecule has 0 spiro atoms.